The van der Waals surface area contributed by atoms with Gasteiger partial charge in [-0.1, -0.05) is 55.2 Å². The number of nitriles is 1. The summed E-state index contributed by atoms with van der Waals surface area (Å²) in [5.74, 6) is -0.114. The summed E-state index contributed by atoms with van der Waals surface area (Å²) in [4.78, 5) is 12.3. The molecule has 0 saturated heterocycles. The summed E-state index contributed by atoms with van der Waals surface area (Å²) in [5, 5.41) is 17.2. The standard InChI is InChI=1S/C16H14Cl2N4O2/c1-16(2,3)13-7-11(22-24-13)15(23)12(8-19)21-20-10-6-4-5-9(17)14(10)18/h4-7,20H,1-3H3/b21-12+. The van der Waals surface area contributed by atoms with Gasteiger partial charge in [0, 0.05) is 11.5 Å². The zero-order valence-electron chi connectivity index (χ0n) is 13.2. The van der Waals surface area contributed by atoms with Gasteiger partial charge in [0.15, 0.2) is 5.69 Å². The third kappa shape index (κ3) is 3.94. The molecule has 0 fully saturated rings. The SMILES string of the molecule is CC(C)(C)c1cc(C(=O)/C(C#N)=N/Nc2cccc(Cl)c2Cl)no1. The van der Waals surface area contributed by atoms with Crippen molar-refractivity contribution in [1.82, 2.24) is 5.16 Å². The van der Waals surface area contributed by atoms with Crippen LogP contribution in [0.15, 0.2) is 33.9 Å². The van der Waals surface area contributed by atoms with Crippen molar-refractivity contribution in [2.24, 2.45) is 5.10 Å². The number of nitrogens with zero attached hydrogens (tertiary/aromatic N) is 3. The van der Waals surface area contributed by atoms with Gasteiger partial charge in [0.1, 0.15) is 11.8 Å². The number of ketones is 1. The lowest BCUT2D eigenvalue weighted by molar-refractivity contribution is 0.105. The summed E-state index contributed by atoms with van der Waals surface area (Å²) in [6, 6.07) is 8.12. The molecule has 1 aromatic carbocycles. The van der Waals surface area contributed by atoms with Crippen LogP contribution in [0.4, 0.5) is 5.69 Å². The lowest BCUT2D eigenvalue weighted by atomic mass is 9.93. The molecule has 124 valence electrons. The molecule has 0 spiro atoms. The number of aromatic nitrogens is 1. The van der Waals surface area contributed by atoms with Gasteiger partial charge in [-0.2, -0.15) is 10.4 Å². The van der Waals surface area contributed by atoms with E-state index in [2.05, 4.69) is 15.7 Å². The van der Waals surface area contributed by atoms with Crippen molar-refractivity contribution in [3.05, 3.63) is 45.8 Å². The maximum absolute atomic E-state index is 12.3. The van der Waals surface area contributed by atoms with Gasteiger partial charge in [-0.25, -0.2) is 0 Å². The molecule has 2 aromatic rings. The van der Waals surface area contributed by atoms with Gasteiger partial charge in [-0.3, -0.25) is 10.2 Å². The Morgan fingerprint density at radius 3 is 2.67 bits per heavy atom. The number of halogens is 2. The van der Waals surface area contributed by atoms with E-state index in [-0.39, 0.29) is 21.8 Å². The van der Waals surface area contributed by atoms with Crippen molar-refractivity contribution in [3.8, 4) is 6.07 Å². The van der Waals surface area contributed by atoms with E-state index in [0.717, 1.165) is 0 Å². The number of anilines is 1. The van der Waals surface area contributed by atoms with Crippen LogP contribution in [0, 0.1) is 11.3 Å². The Balaban J connectivity index is 2.25. The molecule has 0 unspecified atom stereocenters. The van der Waals surface area contributed by atoms with Crippen molar-refractivity contribution in [3.63, 3.8) is 0 Å². The maximum Gasteiger partial charge on any atom is 0.245 e. The molecule has 1 heterocycles. The number of Topliss-reactive ketones (excluding diaryl/α,β-unsaturated/α-hetero) is 1. The Hall–Kier alpha value is -2.36. The molecule has 0 aliphatic heterocycles. The number of hydrazone groups is 1. The molecule has 0 amide bonds. The number of carbonyl (C=O) groups is 1. The van der Waals surface area contributed by atoms with Gasteiger partial charge in [0.2, 0.25) is 11.5 Å². The largest absolute Gasteiger partial charge is 0.360 e. The van der Waals surface area contributed by atoms with Crippen LogP contribution in [0.5, 0.6) is 0 Å². The maximum atomic E-state index is 12.3. The van der Waals surface area contributed by atoms with Crippen LogP contribution in [-0.4, -0.2) is 16.7 Å². The minimum Gasteiger partial charge on any atom is -0.360 e. The molecule has 0 radical (unpaired) electrons. The molecule has 2 rings (SSSR count). The summed E-state index contributed by atoms with van der Waals surface area (Å²) in [6.07, 6.45) is 0. The fourth-order valence-electron chi connectivity index (χ4n) is 1.69. The molecular formula is C16H14Cl2N4O2. The highest BCUT2D eigenvalue weighted by Crippen LogP contribution is 2.29. The summed E-state index contributed by atoms with van der Waals surface area (Å²) < 4.78 is 5.15. The summed E-state index contributed by atoms with van der Waals surface area (Å²) in [7, 11) is 0. The van der Waals surface area contributed by atoms with Crippen molar-refractivity contribution in [1.29, 1.82) is 5.26 Å². The molecule has 0 saturated carbocycles. The Bertz CT molecular complexity index is 844. The van der Waals surface area contributed by atoms with Crippen molar-refractivity contribution in [2.45, 2.75) is 26.2 Å². The first-order chi connectivity index (χ1) is 11.2. The van der Waals surface area contributed by atoms with Crippen molar-refractivity contribution in [2.75, 3.05) is 5.43 Å². The summed E-state index contributed by atoms with van der Waals surface area (Å²) in [5.41, 5.74) is 2.27. The minimum atomic E-state index is -0.651. The Morgan fingerprint density at radius 2 is 2.08 bits per heavy atom. The number of rotatable bonds is 4. The van der Waals surface area contributed by atoms with Crippen LogP contribution in [0.1, 0.15) is 37.0 Å². The van der Waals surface area contributed by atoms with Crippen LogP contribution >= 0.6 is 23.2 Å². The molecule has 24 heavy (non-hydrogen) atoms. The van der Waals surface area contributed by atoms with Gasteiger partial charge >= 0.3 is 0 Å². The van der Waals surface area contributed by atoms with E-state index >= 15 is 0 Å². The first-order valence-electron chi connectivity index (χ1n) is 6.93. The molecule has 8 heteroatoms. The molecule has 0 aliphatic carbocycles. The fourth-order valence-corrected chi connectivity index (χ4v) is 2.03. The second kappa shape index (κ2) is 7.04. The molecule has 0 aliphatic rings. The van der Waals surface area contributed by atoms with Crippen molar-refractivity contribution < 1.29 is 9.32 Å². The summed E-state index contributed by atoms with van der Waals surface area (Å²) >= 11 is 11.9. The second-order valence-corrected chi connectivity index (χ2v) is 6.73. The highest BCUT2D eigenvalue weighted by atomic mass is 35.5. The zero-order valence-corrected chi connectivity index (χ0v) is 14.7. The molecule has 6 nitrogen and oxygen atoms in total. The Kier molecular flexibility index (Phi) is 5.27. The molecular weight excluding hydrogens is 351 g/mol. The number of hydrogen-bond acceptors (Lipinski definition) is 6. The molecule has 1 aromatic heterocycles. The third-order valence-electron chi connectivity index (χ3n) is 3.04. The van der Waals surface area contributed by atoms with E-state index in [9.17, 15) is 4.79 Å². The van der Waals surface area contributed by atoms with E-state index in [1.807, 2.05) is 20.8 Å². The lowest BCUT2D eigenvalue weighted by Crippen LogP contribution is -2.15. The fraction of sp³-hybridized carbons (Fsp3) is 0.250. The van der Waals surface area contributed by atoms with Crippen LogP contribution in [0.3, 0.4) is 0 Å². The minimum absolute atomic E-state index is 0.0132. The van der Waals surface area contributed by atoms with Crippen LogP contribution in [0.25, 0.3) is 0 Å². The smallest absolute Gasteiger partial charge is 0.245 e. The van der Waals surface area contributed by atoms with Crippen molar-refractivity contribution >= 4 is 40.4 Å². The third-order valence-corrected chi connectivity index (χ3v) is 3.86. The first-order valence-corrected chi connectivity index (χ1v) is 7.69. The van der Waals surface area contributed by atoms with Crippen LogP contribution in [0.2, 0.25) is 10.0 Å². The molecule has 0 bridgehead atoms. The van der Waals surface area contributed by atoms with Gasteiger partial charge in [0.25, 0.3) is 0 Å². The average Bonchev–Trinajstić information content (AvgIpc) is 3.01. The average molecular weight is 365 g/mol. The number of benzene rings is 1. The quantitative estimate of drug-likeness (QED) is 0.491. The van der Waals surface area contributed by atoms with Crippen LogP contribution in [-0.2, 0) is 5.41 Å². The lowest BCUT2D eigenvalue weighted by Gasteiger charge is -2.11. The van der Waals surface area contributed by atoms with Gasteiger partial charge in [-0.05, 0) is 12.1 Å². The Labute approximate surface area is 149 Å². The predicted octanol–water partition coefficient (Wildman–Crippen LogP) is 4.45. The topological polar surface area (TPSA) is 91.3 Å². The van der Waals surface area contributed by atoms with E-state index in [1.165, 1.54) is 6.07 Å². The van der Waals surface area contributed by atoms with Gasteiger partial charge < -0.3 is 4.52 Å². The molecule has 0 atom stereocenters. The molecule has 1 N–H and O–H groups in total. The predicted molar refractivity (Wildman–Crippen MR) is 92.7 cm³/mol. The highest BCUT2D eigenvalue weighted by Gasteiger charge is 2.24. The monoisotopic (exact) mass is 364 g/mol. The normalized spacial score (nSPS) is 11.9. The van der Waals surface area contributed by atoms with E-state index in [1.54, 1.807) is 24.3 Å². The Morgan fingerprint density at radius 1 is 1.38 bits per heavy atom. The van der Waals surface area contributed by atoms with E-state index in [0.29, 0.717) is 16.5 Å². The van der Waals surface area contributed by atoms with Gasteiger partial charge in [-0.15, -0.1) is 0 Å². The highest BCUT2D eigenvalue weighted by molar-refractivity contribution is 6.51. The second-order valence-electron chi connectivity index (χ2n) is 5.94. The number of hydrogen-bond donors (Lipinski definition) is 1. The van der Waals surface area contributed by atoms with Gasteiger partial charge in [0.05, 0.1) is 15.7 Å². The first kappa shape index (κ1) is 18.0. The van der Waals surface area contributed by atoms with Crippen LogP contribution < -0.4 is 5.43 Å². The number of nitrogens with one attached hydrogen (secondary N) is 1. The summed E-state index contributed by atoms with van der Waals surface area (Å²) in [6.45, 7) is 5.76. The van der Waals surface area contributed by atoms with E-state index < -0.39 is 5.78 Å². The number of carbonyl (C=O) groups excluding carboxylic acids is 1. The zero-order chi connectivity index (χ0) is 17.9. The van der Waals surface area contributed by atoms with E-state index in [4.69, 9.17) is 33.0 Å².